The number of aryl methyl sites for hydroxylation is 1. The van der Waals surface area contributed by atoms with Gasteiger partial charge in [-0.15, -0.1) is 0 Å². The molecule has 3 aromatic carbocycles. The molecule has 0 atom stereocenters. The summed E-state index contributed by atoms with van der Waals surface area (Å²) in [4.78, 5) is 26.7. The zero-order valence-electron chi connectivity index (χ0n) is 17.2. The number of allylic oxidation sites excluding steroid dienone is 1. The van der Waals surface area contributed by atoms with Crippen LogP contribution in [0.4, 0.5) is 0 Å². The van der Waals surface area contributed by atoms with Gasteiger partial charge in [-0.2, -0.15) is 0 Å². The highest BCUT2D eigenvalue weighted by Gasteiger charge is 2.21. The Bertz CT molecular complexity index is 1450. The number of carbonyl (C=O) groups excluding carboxylic acids is 1. The molecule has 0 bridgehead atoms. The van der Waals surface area contributed by atoms with Crippen LogP contribution in [0.1, 0.15) is 15.9 Å². The second-order valence-corrected chi connectivity index (χ2v) is 7.89. The minimum atomic E-state index is -0.385. The molecule has 0 spiro atoms. The van der Waals surface area contributed by atoms with Crippen LogP contribution < -0.4 is 15.0 Å². The van der Waals surface area contributed by atoms with Gasteiger partial charge in [-0.25, -0.2) is 0 Å². The third kappa shape index (κ3) is 3.47. The first-order valence-electron chi connectivity index (χ1n) is 10.0. The van der Waals surface area contributed by atoms with Gasteiger partial charge in [0.05, 0.1) is 11.1 Å². The minimum Gasteiger partial charge on any atom is -0.454 e. The van der Waals surface area contributed by atoms with Gasteiger partial charge < -0.3 is 14.0 Å². The summed E-state index contributed by atoms with van der Waals surface area (Å²) in [5, 5.41) is 1.27. The van der Waals surface area contributed by atoms with E-state index in [-0.39, 0.29) is 23.7 Å². The SMILES string of the molecule is Cn1c(=O)c(C(=O)C=Cc2ccc3c(c2)OCO3)c(-c2ccccc2)c2cc(Cl)ccc21. The number of rotatable bonds is 4. The number of halogens is 1. The molecule has 158 valence electrons. The van der Waals surface area contributed by atoms with Crippen molar-refractivity contribution in [2.45, 2.75) is 0 Å². The van der Waals surface area contributed by atoms with Crippen molar-refractivity contribution in [3.63, 3.8) is 0 Å². The number of aromatic nitrogens is 1. The van der Waals surface area contributed by atoms with Crippen LogP contribution in [0, 0.1) is 0 Å². The van der Waals surface area contributed by atoms with Gasteiger partial charge in [-0.3, -0.25) is 9.59 Å². The van der Waals surface area contributed by atoms with Crippen LogP contribution in [0.25, 0.3) is 28.1 Å². The molecule has 1 aliphatic heterocycles. The fraction of sp³-hybridized carbons (Fsp3) is 0.0769. The Kier molecular flexibility index (Phi) is 5.04. The van der Waals surface area contributed by atoms with Crippen molar-refractivity contribution in [2.24, 2.45) is 7.05 Å². The van der Waals surface area contributed by atoms with Crippen molar-refractivity contribution < 1.29 is 14.3 Å². The number of ketones is 1. The van der Waals surface area contributed by atoms with Crippen LogP contribution in [-0.2, 0) is 7.05 Å². The lowest BCUT2D eigenvalue weighted by Crippen LogP contribution is -2.25. The normalized spacial score (nSPS) is 12.6. The molecule has 0 N–H and O–H groups in total. The number of carbonyl (C=O) groups is 1. The quantitative estimate of drug-likeness (QED) is 0.309. The number of benzene rings is 3. The molecule has 5 rings (SSSR count). The van der Waals surface area contributed by atoms with E-state index in [9.17, 15) is 9.59 Å². The van der Waals surface area contributed by atoms with Gasteiger partial charge in [0, 0.05) is 23.0 Å². The summed E-state index contributed by atoms with van der Waals surface area (Å²) in [7, 11) is 1.66. The second kappa shape index (κ2) is 8.02. The van der Waals surface area contributed by atoms with E-state index in [1.807, 2.05) is 36.4 Å². The molecule has 6 heteroatoms. The van der Waals surface area contributed by atoms with Crippen molar-refractivity contribution in [1.29, 1.82) is 0 Å². The molecule has 0 radical (unpaired) electrons. The highest BCUT2D eigenvalue weighted by Crippen LogP contribution is 2.34. The first-order chi connectivity index (χ1) is 15.5. The van der Waals surface area contributed by atoms with E-state index in [0.717, 1.165) is 16.5 Å². The van der Waals surface area contributed by atoms with Crippen molar-refractivity contribution in [2.75, 3.05) is 6.79 Å². The maximum absolute atomic E-state index is 13.4. The van der Waals surface area contributed by atoms with Gasteiger partial charge in [0.2, 0.25) is 6.79 Å². The molecule has 5 nitrogen and oxygen atoms in total. The Labute approximate surface area is 189 Å². The summed E-state index contributed by atoms with van der Waals surface area (Å²) in [6.07, 6.45) is 3.08. The highest BCUT2D eigenvalue weighted by atomic mass is 35.5. The van der Waals surface area contributed by atoms with Gasteiger partial charge in [0.1, 0.15) is 0 Å². The number of hydrogen-bond acceptors (Lipinski definition) is 4. The molecule has 0 fully saturated rings. The zero-order valence-corrected chi connectivity index (χ0v) is 17.9. The summed E-state index contributed by atoms with van der Waals surface area (Å²) >= 11 is 6.28. The summed E-state index contributed by atoms with van der Waals surface area (Å²) in [6, 6.07) is 20.1. The molecule has 2 heterocycles. The van der Waals surface area contributed by atoms with E-state index in [2.05, 4.69) is 0 Å². The van der Waals surface area contributed by atoms with Crippen LogP contribution >= 0.6 is 11.6 Å². The lowest BCUT2D eigenvalue weighted by Gasteiger charge is -2.15. The predicted octanol–water partition coefficient (Wildman–Crippen LogP) is 5.48. The van der Waals surface area contributed by atoms with Gasteiger partial charge in [-0.1, -0.05) is 54.1 Å². The molecule has 32 heavy (non-hydrogen) atoms. The molecule has 0 unspecified atom stereocenters. The zero-order chi connectivity index (χ0) is 22.2. The fourth-order valence-electron chi connectivity index (χ4n) is 3.92. The van der Waals surface area contributed by atoms with E-state index in [1.54, 1.807) is 43.5 Å². The first-order valence-corrected chi connectivity index (χ1v) is 10.4. The Morgan fingerprint density at radius 3 is 2.59 bits per heavy atom. The number of nitrogens with zero attached hydrogens (tertiary/aromatic N) is 1. The lowest BCUT2D eigenvalue weighted by atomic mass is 9.93. The number of pyridine rings is 1. The van der Waals surface area contributed by atoms with Gasteiger partial charge >= 0.3 is 0 Å². The molecular formula is C26H18ClNO4. The van der Waals surface area contributed by atoms with E-state index >= 15 is 0 Å². The van der Waals surface area contributed by atoms with Crippen LogP contribution in [0.2, 0.25) is 5.02 Å². The van der Waals surface area contributed by atoms with E-state index in [0.29, 0.717) is 27.6 Å². The largest absolute Gasteiger partial charge is 0.454 e. The lowest BCUT2D eigenvalue weighted by molar-refractivity contribution is 0.104. The highest BCUT2D eigenvalue weighted by molar-refractivity contribution is 6.31. The van der Waals surface area contributed by atoms with Gasteiger partial charge in [0.25, 0.3) is 5.56 Å². The molecule has 0 saturated heterocycles. The van der Waals surface area contributed by atoms with E-state index in [4.69, 9.17) is 21.1 Å². The predicted molar refractivity (Wildman–Crippen MR) is 126 cm³/mol. The standard InChI is InChI=1S/C26H18ClNO4/c1-28-20-10-9-18(27)14-19(20)24(17-5-3-2-4-6-17)25(26(28)30)21(29)11-7-16-8-12-22-23(13-16)32-15-31-22/h2-14H,15H2,1H3. The maximum atomic E-state index is 13.4. The molecule has 1 aliphatic rings. The van der Waals surface area contributed by atoms with Crippen molar-refractivity contribution >= 4 is 34.4 Å². The fourth-order valence-corrected chi connectivity index (χ4v) is 4.10. The molecule has 1 aromatic heterocycles. The van der Waals surface area contributed by atoms with Crippen LogP contribution in [0.15, 0.2) is 77.6 Å². The van der Waals surface area contributed by atoms with Crippen molar-refractivity contribution in [3.05, 3.63) is 99.3 Å². The summed E-state index contributed by atoms with van der Waals surface area (Å²) < 4.78 is 12.2. The Balaban J connectivity index is 1.68. The van der Waals surface area contributed by atoms with Crippen LogP contribution in [0.5, 0.6) is 11.5 Å². The monoisotopic (exact) mass is 443 g/mol. The van der Waals surface area contributed by atoms with E-state index in [1.165, 1.54) is 10.6 Å². The molecule has 0 saturated carbocycles. The first kappa shape index (κ1) is 20.1. The average molecular weight is 444 g/mol. The second-order valence-electron chi connectivity index (χ2n) is 7.45. The third-order valence-electron chi connectivity index (χ3n) is 5.49. The van der Waals surface area contributed by atoms with Crippen molar-refractivity contribution in [3.8, 4) is 22.6 Å². The maximum Gasteiger partial charge on any atom is 0.262 e. The van der Waals surface area contributed by atoms with Gasteiger partial charge in [0.15, 0.2) is 17.3 Å². The molecule has 0 aliphatic carbocycles. The summed E-state index contributed by atoms with van der Waals surface area (Å²) in [6.45, 7) is 0.178. The Morgan fingerprint density at radius 1 is 1.00 bits per heavy atom. The number of ether oxygens (including phenoxy) is 2. The number of hydrogen-bond donors (Lipinski definition) is 0. The van der Waals surface area contributed by atoms with E-state index < -0.39 is 0 Å². The van der Waals surface area contributed by atoms with Crippen LogP contribution in [0.3, 0.4) is 0 Å². The van der Waals surface area contributed by atoms with Gasteiger partial charge in [-0.05, 0) is 47.5 Å². The Morgan fingerprint density at radius 2 is 1.78 bits per heavy atom. The average Bonchev–Trinajstić information content (AvgIpc) is 3.28. The molecule has 4 aromatic rings. The minimum absolute atomic E-state index is 0.102. The molecular weight excluding hydrogens is 426 g/mol. The Hall–Kier alpha value is -3.83. The van der Waals surface area contributed by atoms with Crippen molar-refractivity contribution in [1.82, 2.24) is 4.57 Å². The topological polar surface area (TPSA) is 57.5 Å². The summed E-state index contributed by atoms with van der Waals surface area (Å²) in [5.74, 6) is 0.907. The summed E-state index contributed by atoms with van der Waals surface area (Å²) in [5.41, 5.74) is 2.56. The smallest absolute Gasteiger partial charge is 0.262 e. The number of fused-ring (bicyclic) bond motifs is 2. The molecule has 0 amide bonds. The third-order valence-corrected chi connectivity index (χ3v) is 5.73. The van der Waals surface area contributed by atoms with Crippen LogP contribution in [-0.4, -0.2) is 17.1 Å².